The standard InChI is InChI=1S/C22H30N6O3S2/c1-7-18-24-26-21(33-18)23-20(29)15(5)32-22-27-25-19(28(22)12-13(2)3)14(4)31-17-10-8-9-16(11-17)30-6/h8-11,13-15H,7,12H2,1-6H3,(H,23,26,29). The largest absolute Gasteiger partial charge is 0.497 e. The fourth-order valence-corrected chi connectivity index (χ4v) is 4.57. The highest BCUT2D eigenvalue weighted by Crippen LogP contribution is 2.29. The molecule has 33 heavy (non-hydrogen) atoms. The first-order valence-corrected chi connectivity index (χ1v) is 12.5. The summed E-state index contributed by atoms with van der Waals surface area (Å²) in [5, 5.41) is 21.4. The summed E-state index contributed by atoms with van der Waals surface area (Å²) in [6.45, 7) is 10.7. The summed E-state index contributed by atoms with van der Waals surface area (Å²) in [4.78, 5) is 12.7. The van der Waals surface area contributed by atoms with Gasteiger partial charge in [-0.1, -0.05) is 49.9 Å². The second kappa shape index (κ2) is 11.5. The van der Waals surface area contributed by atoms with Crippen molar-refractivity contribution in [3.63, 3.8) is 0 Å². The van der Waals surface area contributed by atoms with Gasteiger partial charge in [-0.25, -0.2) is 0 Å². The van der Waals surface area contributed by atoms with E-state index in [-0.39, 0.29) is 12.0 Å². The maximum Gasteiger partial charge on any atom is 0.239 e. The summed E-state index contributed by atoms with van der Waals surface area (Å²) in [6, 6.07) is 7.45. The highest BCUT2D eigenvalue weighted by Gasteiger charge is 2.24. The molecule has 0 fully saturated rings. The van der Waals surface area contributed by atoms with Crippen LogP contribution in [0.3, 0.4) is 0 Å². The summed E-state index contributed by atoms with van der Waals surface area (Å²) in [5.74, 6) is 2.33. The number of ether oxygens (including phenoxy) is 2. The van der Waals surface area contributed by atoms with Gasteiger partial charge in [0.25, 0.3) is 0 Å². The van der Waals surface area contributed by atoms with Crippen molar-refractivity contribution < 1.29 is 14.3 Å². The zero-order valence-electron chi connectivity index (χ0n) is 19.7. The number of aryl methyl sites for hydroxylation is 1. The fourth-order valence-electron chi connectivity index (χ4n) is 3.02. The first-order chi connectivity index (χ1) is 15.8. The number of thioether (sulfide) groups is 1. The van der Waals surface area contributed by atoms with E-state index in [0.29, 0.717) is 34.3 Å². The predicted octanol–water partition coefficient (Wildman–Crippen LogP) is 4.62. The number of hydrogen-bond acceptors (Lipinski definition) is 9. The minimum absolute atomic E-state index is 0.153. The first-order valence-electron chi connectivity index (χ1n) is 10.8. The lowest BCUT2D eigenvalue weighted by Crippen LogP contribution is -2.23. The molecule has 1 amide bonds. The molecule has 0 spiro atoms. The Balaban J connectivity index is 1.74. The molecule has 2 heterocycles. The summed E-state index contributed by atoms with van der Waals surface area (Å²) in [5.41, 5.74) is 0. The van der Waals surface area contributed by atoms with Gasteiger partial charge in [-0.15, -0.1) is 20.4 Å². The average Bonchev–Trinajstić information content (AvgIpc) is 3.40. The van der Waals surface area contributed by atoms with Gasteiger partial charge in [0.15, 0.2) is 17.1 Å². The van der Waals surface area contributed by atoms with Crippen molar-refractivity contribution in [2.24, 2.45) is 5.92 Å². The van der Waals surface area contributed by atoms with E-state index in [4.69, 9.17) is 9.47 Å². The third kappa shape index (κ3) is 6.67. The fraction of sp³-hybridized carbons (Fsp3) is 0.500. The molecular weight excluding hydrogens is 460 g/mol. The number of carbonyl (C=O) groups is 1. The molecule has 11 heteroatoms. The first kappa shape index (κ1) is 25.0. The Labute approximate surface area is 202 Å². The van der Waals surface area contributed by atoms with Crippen LogP contribution in [0.1, 0.15) is 51.6 Å². The monoisotopic (exact) mass is 490 g/mol. The maximum atomic E-state index is 12.7. The minimum atomic E-state index is -0.392. The zero-order valence-corrected chi connectivity index (χ0v) is 21.4. The summed E-state index contributed by atoms with van der Waals surface area (Å²) in [7, 11) is 1.62. The predicted molar refractivity (Wildman–Crippen MR) is 130 cm³/mol. The molecule has 0 aliphatic rings. The smallest absolute Gasteiger partial charge is 0.239 e. The van der Waals surface area contributed by atoms with Gasteiger partial charge >= 0.3 is 0 Å². The van der Waals surface area contributed by atoms with Crippen molar-refractivity contribution in [1.29, 1.82) is 0 Å². The molecule has 0 saturated heterocycles. The van der Waals surface area contributed by atoms with Crippen LogP contribution < -0.4 is 14.8 Å². The van der Waals surface area contributed by atoms with E-state index in [0.717, 1.165) is 17.2 Å². The van der Waals surface area contributed by atoms with Crippen molar-refractivity contribution in [2.45, 2.75) is 64.1 Å². The van der Waals surface area contributed by atoms with Gasteiger partial charge in [0.1, 0.15) is 16.5 Å². The molecule has 2 atom stereocenters. The Morgan fingerprint density at radius 3 is 2.58 bits per heavy atom. The molecule has 3 aromatic rings. The minimum Gasteiger partial charge on any atom is -0.497 e. The van der Waals surface area contributed by atoms with Gasteiger partial charge in [-0.2, -0.15) is 0 Å². The number of anilines is 1. The Hall–Kier alpha value is -2.66. The Kier molecular flexibility index (Phi) is 8.67. The highest BCUT2D eigenvalue weighted by atomic mass is 32.2. The normalized spacial score (nSPS) is 13.1. The molecule has 2 aromatic heterocycles. The number of carbonyl (C=O) groups excluding carboxylic acids is 1. The van der Waals surface area contributed by atoms with E-state index in [1.807, 2.05) is 49.6 Å². The Bertz CT molecular complexity index is 1070. The van der Waals surface area contributed by atoms with Crippen LogP contribution >= 0.6 is 23.1 Å². The van der Waals surface area contributed by atoms with Gasteiger partial charge in [-0.3, -0.25) is 10.1 Å². The molecule has 3 rings (SSSR count). The number of aromatic nitrogens is 5. The lowest BCUT2D eigenvalue weighted by Gasteiger charge is -2.18. The quantitative estimate of drug-likeness (QED) is 0.389. The van der Waals surface area contributed by atoms with Crippen molar-refractivity contribution in [3.8, 4) is 11.5 Å². The molecular formula is C22H30N6O3S2. The van der Waals surface area contributed by atoms with Gasteiger partial charge in [0.05, 0.1) is 12.4 Å². The number of methoxy groups -OCH3 is 1. The van der Waals surface area contributed by atoms with Crippen LogP contribution in [-0.2, 0) is 17.8 Å². The molecule has 0 saturated carbocycles. The van der Waals surface area contributed by atoms with E-state index in [9.17, 15) is 4.79 Å². The number of nitrogens with one attached hydrogen (secondary N) is 1. The summed E-state index contributed by atoms with van der Waals surface area (Å²) in [6.07, 6.45) is 0.449. The third-order valence-corrected chi connectivity index (χ3v) is 6.73. The number of hydrogen-bond donors (Lipinski definition) is 1. The molecule has 1 N–H and O–H groups in total. The average molecular weight is 491 g/mol. The zero-order chi connectivity index (χ0) is 24.0. The van der Waals surface area contributed by atoms with Crippen LogP contribution in [0.4, 0.5) is 5.13 Å². The number of benzene rings is 1. The molecule has 2 unspecified atom stereocenters. The number of nitrogens with zero attached hydrogens (tertiary/aromatic N) is 5. The lowest BCUT2D eigenvalue weighted by atomic mass is 10.2. The molecule has 1 aromatic carbocycles. The second-order valence-electron chi connectivity index (χ2n) is 7.89. The number of rotatable bonds is 11. The lowest BCUT2D eigenvalue weighted by molar-refractivity contribution is -0.115. The van der Waals surface area contributed by atoms with E-state index in [1.54, 1.807) is 7.11 Å². The third-order valence-electron chi connectivity index (χ3n) is 4.66. The number of amides is 1. The highest BCUT2D eigenvalue weighted by molar-refractivity contribution is 8.00. The van der Waals surface area contributed by atoms with Crippen LogP contribution in [0, 0.1) is 5.92 Å². The Morgan fingerprint density at radius 2 is 1.91 bits per heavy atom. The maximum absolute atomic E-state index is 12.7. The van der Waals surface area contributed by atoms with E-state index < -0.39 is 5.25 Å². The summed E-state index contributed by atoms with van der Waals surface area (Å²) < 4.78 is 13.4. The molecule has 0 aliphatic carbocycles. The molecule has 0 radical (unpaired) electrons. The molecule has 0 bridgehead atoms. The van der Waals surface area contributed by atoms with Crippen LogP contribution in [-0.4, -0.2) is 43.2 Å². The van der Waals surface area contributed by atoms with Crippen molar-refractivity contribution in [3.05, 3.63) is 35.1 Å². The van der Waals surface area contributed by atoms with E-state index >= 15 is 0 Å². The van der Waals surface area contributed by atoms with Crippen LogP contribution in [0.5, 0.6) is 11.5 Å². The van der Waals surface area contributed by atoms with Gasteiger partial charge in [0, 0.05) is 12.6 Å². The van der Waals surface area contributed by atoms with Crippen LogP contribution in [0.25, 0.3) is 0 Å². The summed E-state index contributed by atoms with van der Waals surface area (Å²) >= 11 is 2.75. The van der Waals surface area contributed by atoms with Crippen LogP contribution in [0.2, 0.25) is 0 Å². The van der Waals surface area contributed by atoms with Crippen LogP contribution in [0.15, 0.2) is 29.4 Å². The van der Waals surface area contributed by atoms with Gasteiger partial charge in [0.2, 0.25) is 11.0 Å². The van der Waals surface area contributed by atoms with Crippen molar-refractivity contribution >= 4 is 34.1 Å². The van der Waals surface area contributed by atoms with E-state index in [1.165, 1.54) is 23.1 Å². The Morgan fingerprint density at radius 1 is 1.15 bits per heavy atom. The van der Waals surface area contributed by atoms with Crippen molar-refractivity contribution in [2.75, 3.05) is 12.4 Å². The molecule has 0 aliphatic heterocycles. The van der Waals surface area contributed by atoms with Gasteiger partial charge in [-0.05, 0) is 38.3 Å². The molecule has 9 nitrogen and oxygen atoms in total. The SMILES string of the molecule is CCc1nnc(NC(=O)C(C)Sc2nnc(C(C)Oc3cccc(OC)c3)n2CC(C)C)s1. The van der Waals surface area contributed by atoms with Gasteiger partial charge < -0.3 is 14.0 Å². The second-order valence-corrected chi connectivity index (χ2v) is 10.3. The van der Waals surface area contributed by atoms with Crippen molar-refractivity contribution in [1.82, 2.24) is 25.0 Å². The van der Waals surface area contributed by atoms with E-state index in [2.05, 4.69) is 39.6 Å². The molecule has 178 valence electrons. The topological polar surface area (TPSA) is 104 Å².